The highest BCUT2D eigenvalue weighted by Crippen LogP contribution is 2.25. The van der Waals surface area contributed by atoms with Gasteiger partial charge in [-0.05, 0) is 25.7 Å². The maximum absolute atomic E-state index is 4.94. The van der Waals surface area contributed by atoms with Crippen molar-refractivity contribution in [2.75, 3.05) is 6.61 Å². The van der Waals surface area contributed by atoms with Crippen LogP contribution in [-0.2, 0) is 3.07 Å². The molecule has 0 aromatic heterocycles. The lowest BCUT2D eigenvalue weighted by atomic mass is 9.91. The second-order valence-corrected chi connectivity index (χ2v) is 3.51. The molecule has 11 heavy (non-hydrogen) atoms. The smallest absolute Gasteiger partial charge is 0.110 e. The van der Waals surface area contributed by atoms with E-state index < -0.39 is 0 Å². The number of allylic oxidation sites excluding steroid dienone is 2. The lowest BCUT2D eigenvalue weighted by Gasteiger charge is -2.15. The average Bonchev–Trinajstić information content (AvgIpc) is 2.04. The zero-order valence-corrected chi connectivity index (χ0v) is 8.76. The van der Waals surface area contributed by atoms with E-state index in [9.17, 15) is 0 Å². The number of rotatable bonds is 2. The zero-order chi connectivity index (χ0) is 8.10. The van der Waals surface area contributed by atoms with Crippen LogP contribution in [0.25, 0.3) is 0 Å². The first-order valence-electron chi connectivity index (χ1n) is 3.91. The van der Waals surface area contributed by atoms with Crippen molar-refractivity contribution in [3.8, 4) is 0 Å². The number of hydrogen-bond donors (Lipinski definition) is 0. The van der Waals surface area contributed by atoms with Gasteiger partial charge < -0.3 is 3.07 Å². The minimum atomic E-state index is 0.752. The molecular formula is C9H13IO. The van der Waals surface area contributed by atoms with Crippen LogP contribution >= 0.6 is 23.0 Å². The molecule has 62 valence electrons. The molecule has 0 N–H and O–H groups in total. The average molecular weight is 264 g/mol. The molecule has 0 aromatic carbocycles. The monoisotopic (exact) mass is 264 g/mol. The first kappa shape index (κ1) is 9.26. The van der Waals surface area contributed by atoms with E-state index in [1.807, 2.05) is 23.0 Å². The molecule has 2 heteroatoms. The highest BCUT2D eigenvalue weighted by atomic mass is 127. The summed E-state index contributed by atoms with van der Waals surface area (Å²) in [7, 11) is 0. The molecule has 1 fully saturated rings. The minimum absolute atomic E-state index is 0.752. The van der Waals surface area contributed by atoms with E-state index >= 15 is 0 Å². The standard InChI is InChI=1S/C9H13IO/c1-8-2-4-9(5-3-8)6-7-11-10/h6H,1-5,7H2. The SMILES string of the molecule is C=C1CCC(=CCOI)CC1. The van der Waals surface area contributed by atoms with Crippen molar-refractivity contribution in [2.24, 2.45) is 0 Å². The van der Waals surface area contributed by atoms with Crippen LogP contribution in [0.15, 0.2) is 23.8 Å². The third-order valence-corrected chi connectivity index (χ3v) is 2.39. The highest BCUT2D eigenvalue weighted by Gasteiger charge is 2.06. The first-order valence-corrected chi connectivity index (χ1v) is 4.79. The van der Waals surface area contributed by atoms with Gasteiger partial charge in [-0.1, -0.05) is 23.8 Å². The topological polar surface area (TPSA) is 9.23 Å². The van der Waals surface area contributed by atoms with Crippen LogP contribution in [0.1, 0.15) is 25.7 Å². The van der Waals surface area contributed by atoms with Crippen molar-refractivity contribution in [3.05, 3.63) is 23.8 Å². The van der Waals surface area contributed by atoms with Gasteiger partial charge in [-0.25, -0.2) is 0 Å². The Kier molecular flexibility index (Phi) is 4.15. The molecule has 1 saturated carbocycles. The summed E-state index contributed by atoms with van der Waals surface area (Å²) in [5.41, 5.74) is 2.94. The van der Waals surface area contributed by atoms with Gasteiger partial charge in [0, 0.05) is 0 Å². The molecule has 1 rings (SSSR count). The molecule has 1 aliphatic rings. The summed E-state index contributed by atoms with van der Waals surface area (Å²) < 4.78 is 4.94. The Hall–Kier alpha value is 0.170. The molecule has 0 radical (unpaired) electrons. The Labute approximate surface area is 82.2 Å². The summed E-state index contributed by atoms with van der Waals surface area (Å²) in [6.07, 6.45) is 6.93. The van der Waals surface area contributed by atoms with Crippen LogP contribution in [0.2, 0.25) is 0 Å². The van der Waals surface area contributed by atoms with Crippen molar-refractivity contribution in [2.45, 2.75) is 25.7 Å². The predicted molar refractivity (Wildman–Crippen MR) is 55.7 cm³/mol. The maximum atomic E-state index is 4.94. The molecule has 1 aliphatic carbocycles. The van der Waals surface area contributed by atoms with Gasteiger partial charge in [-0.2, -0.15) is 0 Å². The Morgan fingerprint density at radius 1 is 1.36 bits per heavy atom. The van der Waals surface area contributed by atoms with Gasteiger partial charge in [0.15, 0.2) is 0 Å². The van der Waals surface area contributed by atoms with E-state index in [2.05, 4.69) is 12.7 Å². The van der Waals surface area contributed by atoms with E-state index in [-0.39, 0.29) is 0 Å². The van der Waals surface area contributed by atoms with Crippen LogP contribution in [0.4, 0.5) is 0 Å². The molecule has 0 aliphatic heterocycles. The number of hydrogen-bond acceptors (Lipinski definition) is 1. The van der Waals surface area contributed by atoms with Crippen LogP contribution in [-0.4, -0.2) is 6.61 Å². The summed E-state index contributed by atoms with van der Waals surface area (Å²) in [6.45, 7) is 4.72. The van der Waals surface area contributed by atoms with Gasteiger partial charge in [0.25, 0.3) is 0 Å². The van der Waals surface area contributed by atoms with Crippen molar-refractivity contribution in [1.29, 1.82) is 0 Å². The van der Waals surface area contributed by atoms with Crippen molar-refractivity contribution < 1.29 is 3.07 Å². The fraction of sp³-hybridized carbons (Fsp3) is 0.556. The zero-order valence-electron chi connectivity index (χ0n) is 6.61. The Morgan fingerprint density at radius 2 is 2.00 bits per heavy atom. The Bertz CT molecular complexity index is 160. The first-order chi connectivity index (χ1) is 5.33. The van der Waals surface area contributed by atoms with Crippen molar-refractivity contribution in [3.63, 3.8) is 0 Å². The third-order valence-electron chi connectivity index (χ3n) is 2.03. The van der Waals surface area contributed by atoms with E-state index in [1.165, 1.54) is 36.8 Å². The van der Waals surface area contributed by atoms with Crippen LogP contribution in [0.5, 0.6) is 0 Å². The lowest BCUT2D eigenvalue weighted by molar-refractivity contribution is 0.484. The van der Waals surface area contributed by atoms with Crippen LogP contribution in [0, 0.1) is 0 Å². The molecule has 0 bridgehead atoms. The molecule has 0 aromatic rings. The largest absolute Gasteiger partial charge is 0.312 e. The molecule has 0 unspecified atom stereocenters. The third kappa shape index (κ3) is 3.38. The van der Waals surface area contributed by atoms with Gasteiger partial charge in [0.2, 0.25) is 0 Å². The molecule has 0 heterocycles. The van der Waals surface area contributed by atoms with Gasteiger partial charge in [0.05, 0.1) is 6.61 Å². The normalized spacial score (nSPS) is 18.6. The fourth-order valence-electron chi connectivity index (χ4n) is 1.28. The summed E-state index contributed by atoms with van der Waals surface area (Å²) in [4.78, 5) is 0. The Morgan fingerprint density at radius 3 is 2.55 bits per heavy atom. The van der Waals surface area contributed by atoms with Gasteiger partial charge in [-0.3, -0.25) is 0 Å². The fourth-order valence-corrected chi connectivity index (χ4v) is 1.46. The number of halogens is 1. The molecule has 0 amide bonds. The summed E-state index contributed by atoms with van der Waals surface area (Å²) in [5.74, 6) is 0. The molecule has 1 nitrogen and oxygen atoms in total. The second kappa shape index (κ2) is 4.93. The summed E-state index contributed by atoms with van der Waals surface area (Å²) in [5, 5.41) is 0. The van der Waals surface area contributed by atoms with Gasteiger partial charge >= 0.3 is 0 Å². The molecule has 0 saturated heterocycles. The summed E-state index contributed by atoms with van der Waals surface area (Å²) >= 11 is 1.93. The van der Waals surface area contributed by atoms with Crippen LogP contribution < -0.4 is 0 Å². The van der Waals surface area contributed by atoms with E-state index in [0.29, 0.717) is 0 Å². The van der Waals surface area contributed by atoms with Crippen molar-refractivity contribution in [1.82, 2.24) is 0 Å². The predicted octanol–water partition coefficient (Wildman–Crippen LogP) is 3.41. The quantitative estimate of drug-likeness (QED) is 0.548. The van der Waals surface area contributed by atoms with E-state index in [0.717, 1.165) is 6.61 Å². The van der Waals surface area contributed by atoms with Crippen LogP contribution in [0.3, 0.4) is 0 Å². The van der Waals surface area contributed by atoms with E-state index in [1.54, 1.807) is 0 Å². The van der Waals surface area contributed by atoms with Gasteiger partial charge in [0.1, 0.15) is 23.0 Å². The van der Waals surface area contributed by atoms with Gasteiger partial charge in [-0.15, -0.1) is 0 Å². The minimum Gasteiger partial charge on any atom is -0.312 e. The Balaban J connectivity index is 2.32. The highest BCUT2D eigenvalue weighted by molar-refractivity contribution is 14.1. The second-order valence-electron chi connectivity index (χ2n) is 2.89. The molecule has 0 atom stereocenters. The van der Waals surface area contributed by atoms with Crippen molar-refractivity contribution >= 4 is 23.0 Å². The summed E-state index contributed by atoms with van der Waals surface area (Å²) in [6, 6.07) is 0. The molecular weight excluding hydrogens is 251 g/mol. The maximum Gasteiger partial charge on any atom is 0.110 e. The lowest BCUT2D eigenvalue weighted by Crippen LogP contribution is -1.97. The molecule has 0 spiro atoms. The van der Waals surface area contributed by atoms with E-state index in [4.69, 9.17) is 3.07 Å².